The highest BCUT2D eigenvalue weighted by Gasteiger charge is 2.08. The topological polar surface area (TPSA) is 69.6 Å². The molecule has 0 heterocycles. The first-order chi connectivity index (χ1) is 8.58. The summed E-state index contributed by atoms with van der Waals surface area (Å²) >= 11 is 5.84. The molecule has 1 amide bonds. The summed E-state index contributed by atoms with van der Waals surface area (Å²) in [6.07, 6.45) is -1.13. The molecule has 18 heavy (non-hydrogen) atoms. The molecule has 0 fully saturated rings. The van der Waals surface area contributed by atoms with E-state index in [9.17, 15) is 9.90 Å². The molecule has 0 bridgehead atoms. The first kappa shape index (κ1) is 12.3. The van der Waals surface area contributed by atoms with Gasteiger partial charge in [0.25, 0.3) is 0 Å². The van der Waals surface area contributed by atoms with Crippen molar-refractivity contribution in [2.75, 3.05) is 5.32 Å². The van der Waals surface area contributed by atoms with Crippen LogP contribution in [0.1, 0.15) is 0 Å². The van der Waals surface area contributed by atoms with Crippen molar-refractivity contribution in [3.8, 4) is 16.9 Å². The average Bonchev–Trinajstić information content (AvgIpc) is 2.33. The van der Waals surface area contributed by atoms with Gasteiger partial charge in [-0.2, -0.15) is 0 Å². The van der Waals surface area contributed by atoms with Gasteiger partial charge in [0.2, 0.25) is 0 Å². The van der Waals surface area contributed by atoms with Crippen molar-refractivity contribution in [2.24, 2.45) is 0 Å². The van der Waals surface area contributed by atoms with Crippen LogP contribution in [0.3, 0.4) is 0 Å². The molecule has 0 aliphatic rings. The number of phenolic OH excluding ortho intramolecular Hbond substituents is 1. The smallest absolute Gasteiger partial charge is 0.409 e. The summed E-state index contributed by atoms with van der Waals surface area (Å²) in [4.78, 5) is 10.7. The van der Waals surface area contributed by atoms with Crippen LogP contribution in [0.4, 0.5) is 10.5 Å². The minimum Gasteiger partial charge on any atom is -0.506 e. The summed E-state index contributed by atoms with van der Waals surface area (Å²) in [6, 6.07) is 11.7. The van der Waals surface area contributed by atoms with E-state index in [1.807, 2.05) is 0 Å². The number of hydrogen-bond donors (Lipinski definition) is 3. The summed E-state index contributed by atoms with van der Waals surface area (Å²) in [7, 11) is 0. The van der Waals surface area contributed by atoms with E-state index in [-0.39, 0.29) is 10.8 Å². The van der Waals surface area contributed by atoms with Crippen molar-refractivity contribution in [1.82, 2.24) is 0 Å². The first-order valence-corrected chi connectivity index (χ1v) is 5.53. The highest BCUT2D eigenvalue weighted by molar-refractivity contribution is 6.32. The Morgan fingerprint density at radius 2 is 1.89 bits per heavy atom. The van der Waals surface area contributed by atoms with Crippen molar-refractivity contribution in [2.45, 2.75) is 0 Å². The lowest BCUT2D eigenvalue weighted by molar-refractivity contribution is 0.210. The van der Waals surface area contributed by atoms with Crippen LogP contribution < -0.4 is 5.32 Å². The van der Waals surface area contributed by atoms with Gasteiger partial charge in [0.05, 0.1) is 10.7 Å². The Bertz CT molecular complexity index is 599. The second kappa shape index (κ2) is 4.98. The van der Waals surface area contributed by atoms with Gasteiger partial charge in [-0.15, -0.1) is 0 Å². The predicted octanol–water partition coefficient (Wildman–Crippen LogP) is 3.80. The van der Waals surface area contributed by atoms with E-state index < -0.39 is 6.09 Å². The normalized spacial score (nSPS) is 10.1. The third-order valence-corrected chi connectivity index (χ3v) is 2.73. The fourth-order valence-corrected chi connectivity index (χ4v) is 1.81. The molecule has 0 unspecified atom stereocenters. The van der Waals surface area contributed by atoms with Gasteiger partial charge in [0.1, 0.15) is 5.75 Å². The molecule has 0 saturated heterocycles. The molecule has 0 aliphatic heterocycles. The number of amides is 1. The van der Waals surface area contributed by atoms with E-state index >= 15 is 0 Å². The van der Waals surface area contributed by atoms with Crippen molar-refractivity contribution >= 4 is 23.4 Å². The molecule has 2 aromatic rings. The standard InChI is InChI=1S/C13H10ClNO3/c14-10-7-8(5-6-12(10)16)9-3-1-2-4-11(9)15-13(17)18/h1-7,15-16H,(H,17,18). The Balaban J connectivity index is 2.49. The Kier molecular flexibility index (Phi) is 3.39. The van der Waals surface area contributed by atoms with Crippen LogP contribution in [0.15, 0.2) is 42.5 Å². The largest absolute Gasteiger partial charge is 0.506 e. The summed E-state index contributed by atoms with van der Waals surface area (Å²) in [6.45, 7) is 0. The molecule has 3 N–H and O–H groups in total. The van der Waals surface area contributed by atoms with Crippen LogP contribution in [0.5, 0.6) is 5.75 Å². The fraction of sp³-hybridized carbons (Fsp3) is 0. The van der Waals surface area contributed by atoms with Crippen LogP contribution in [0.25, 0.3) is 11.1 Å². The number of para-hydroxylation sites is 1. The number of benzene rings is 2. The maximum absolute atomic E-state index is 10.7. The van der Waals surface area contributed by atoms with E-state index in [0.29, 0.717) is 11.3 Å². The Morgan fingerprint density at radius 3 is 2.56 bits per heavy atom. The minimum absolute atomic E-state index is 0.0101. The highest BCUT2D eigenvalue weighted by Crippen LogP contribution is 2.33. The second-order valence-electron chi connectivity index (χ2n) is 3.64. The molecule has 0 spiro atoms. The quantitative estimate of drug-likeness (QED) is 0.772. The van der Waals surface area contributed by atoms with Crippen LogP contribution in [-0.2, 0) is 0 Å². The van der Waals surface area contributed by atoms with E-state index in [0.717, 1.165) is 5.56 Å². The summed E-state index contributed by atoms with van der Waals surface area (Å²) in [5.74, 6) is -0.0101. The van der Waals surface area contributed by atoms with Gasteiger partial charge in [-0.1, -0.05) is 35.9 Å². The SMILES string of the molecule is O=C(O)Nc1ccccc1-c1ccc(O)c(Cl)c1. The number of anilines is 1. The molecule has 0 saturated carbocycles. The fourth-order valence-electron chi connectivity index (χ4n) is 1.63. The molecular weight excluding hydrogens is 254 g/mol. The maximum Gasteiger partial charge on any atom is 0.409 e. The van der Waals surface area contributed by atoms with Crippen molar-refractivity contribution in [3.05, 3.63) is 47.5 Å². The van der Waals surface area contributed by atoms with Crippen LogP contribution in [0, 0.1) is 0 Å². The van der Waals surface area contributed by atoms with Crippen LogP contribution in [0.2, 0.25) is 5.02 Å². The number of nitrogens with one attached hydrogen (secondary N) is 1. The minimum atomic E-state index is -1.13. The van der Waals surface area contributed by atoms with Crippen LogP contribution in [-0.4, -0.2) is 16.3 Å². The molecule has 2 rings (SSSR count). The van der Waals surface area contributed by atoms with E-state index in [1.54, 1.807) is 36.4 Å². The van der Waals surface area contributed by atoms with Gasteiger partial charge in [0, 0.05) is 5.56 Å². The number of halogens is 1. The number of phenols is 1. The Hall–Kier alpha value is -2.20. The molecule has 5 heteroatoms. The lowest BCUT2D eigenvalue weighted by Crippen LogP contribution is -2.08. The van der Waals surface area contributed by atoms with E-state index in [4.69, 9.17) is 16.7 Å². The number of carbonyl (C=O) groups is 1. The summed E-state index contributed by atoms with van der Waals surface area (Å²) in [5, 5.41) is 20.7. The maximum atomic E-state index is 10.7. The van der Waals surface area contributed by atoms with Crippen molar-refractivity contribution in [1.29, 1.82) is 0 Å². The van der Waals surface area contributed by atoms with E-state index in [2.05, 4.69) is 5.32 Å². The van der Waals surface area contributed by atoms with Gasteiger partial charge in [-0.05, 0) is 23.8 Å². The number of aromatic hydroxyl groups is 1. The molecule has 0 radical (unpaired) electrons. The number of carboxylic acid groups (broad SMARTS) is 1. The molecular formula is C13H10ClNO3. The lowest BCUT2D eigenvalue weighted by atomic mass is 10.0. The zero-order chi connectivity index (χ0) is 13.1. The van der Waals surface area contributed by atoms with Gasteiger partial charge in [-0.3, -0.25) is 5.32 Å². The second-order valence-corrected chi connectivity index (χ2v) is 4.05. The van der Waals surface area contributed by atoms with E-state index in [1.165, 1.54) is 6.07 Å². The average molecular weight is 264 g/mol. The molecule has 0 aliphatic carbocycles. The molecule has 0 atom stereocenters. The third-order valence-electron chi connectivity index (χ3n) is 2.43. The Morgan fingerprint density at radius 1 is 1.17 bits per heavy atom. The van der Waals surface area contributed by atoms with Crippen LogP contribution >= 0.6 is 11.6 Å². The van der Waals surface area contributed by atoms with Gasteiger partial charge in [-0.25, -0.2) is 4.79 Å². The first-order valence-electron chi connectivity index (χ1n) is 5.16. The summed E-state index contributed by atoms with van der Waals surface area (Å²) < 4.78 is 0. The zero-order valence-corrected chi connectivity index (χ0v) is 9.98. The number of hydrogen-bond acceptors (Lipinski definition) is 2. The highest BCUT2D eigenvalue weighted by atomic mass is 35.5. The molecule has 2 aromatic carbocycles. The number of rotatable bonds is 2. The van der Waals surface area contributed by atoms with Crippen molar-refractivity contribution in [3.63, 3.8) is 0 Å². The van der Waals surface area contributed by atoms with Gasteiger partial charge in [0.15, 0.2) is 0 Å². The predicted molar refractivity (Wildman–Crippen MR) is 70.2 cm³/mol. The molecule has 0 aromatic heterocycles. The molecule has 4 nitrogen and oxygen atoms in total. The molecule has 92 valence electrons. The van der Waals surface area contributed by atoms with Gasteiger partial charge >= 0.3 is 6.09 Å². The summed E-state index contributed by atoms with van der Waals surface area (Å²) in [5.41, 5.74) is 1.88. The lowest BCUT2D eigenvalue weighted by Gasteiger charge is -2.09. The monoisotopic (exact) mass is 263 g/mol. The van der Waals surface area contributed by atoms with Gasteiger partial charge < -0.3 is 10.2 Å². The zero-order valence-electron chi connectivity index (χ0n) is 9.22. The Labute approximate surface area is 108 Å². The third kappa shape index (κ3) is 2.55. The van der Waals surface area contributed by atoms with Crippen molar-refractivity contribution < 1.29 is 15.0 Å².